The molecule has 2 aromatic heterocycles. The third kappa shape index (κ3) is 2.85. The zero-order valence-corrected chi connectivity index (χ0v) is 12.5. The second-order valence-electron chi connectivity index (χ2n) is 4.77. The lowest BCUT2D eigenvalue weighted by Crippen LogP contribution is -2.15. The fourth-order valence-electron chi connectivity index (χ4n) is 1.97. The normalized spacial score (nSPS) is 10.6. The van der Waals surface area contributed by atoms with Gasteiger partial charge in [-0.25, -0.2) is 0 Å². The number of hydrogen-bond acceptors (Lipinski definition) is 5. The van der Waals surface area contributed by atoms with E-state index in [1.165, 1.54) is 11.3 Å². The molecule has 21 heavy (non-hydrogen) atoms. The van der Waals surface area contributed by atoms with E-state index in [1.54, 1.807) is 0 Å². The van der Waals surface area contributed by atoms with Crippen LogP contribution in [-0.4, -0.2) is 15.2 Å². The number of H-pyrrole nitrogens is 1. The van der Waals surface area contributed by atoms with Crippen LogP contribution >= 0.6 is 11.3 Å². The van der Waals surface area contributed by atoms with E-state index >= 15 is 0 Å². The van der Waals surface area contributed by atoms with E-state index in [4.69, 9.17) is 0 Å². The Hall–Kier alpha value is -2.47. The summed E-state index contributed by atoms with van der Waals surface area (Å²) in [5.41, 5.74) is 3.21. The van der Waals surface area contributed by atoms with Gasteiger partial charge in [-0.1, -0.05) is 18.2 Å². The first-order chi connectivity index (χ1) is 10.1. The summed E-state index contributed by atoms with van der Waals surface area (Å²) in [6, 6.07) is 9.78. The van der Waals surface area contributed by atoms with Crippen LogP contribution in [-0.2, 0) is 0 Å². The van der Waals surface area contributed by atoms with Gasteiger partial charge in [0, 0.05) is 5.69 Å². The molecular weight excluding hydrogens is 284 g/mol. The molecule has 3 rings (SSSR count). The Morgan fingerprint density at radius 1 is 1.19 bits per heavy atom. The number of aromatic amines is 1. The third-order valence-corrected chi connectivity index (χ3v) is 3.97. The Kier molecular flexibility index (Phi) is 3.53. The molecule has 6 heteroatoms. The Morgan fingerprint density at radius 2 is 2.05 bits per heavy atom. The Morgan fingerprint density at radius 3 is 2.76 bits per heavy atom. The summed E-state index contributed by atoms with van der Waals surface area (Å²) in [5, 5.41) is 13.1. The average Bonchev–Trinajstić information content (AvgIpc) is 2.97. The minimum absolute atomic E-state index is 0.250. The number of nitrogens with one attached hydrogen (secondary N) is 2. The molecule has 0 aliphatic heterocycles. The molecule has 0 unspecified atom stereocenters. The first kappa shape index (κ1) is 13.5. The molecular formula is C15H14N4OS. The van der Waals surface area contributed by atoms with Gasteiger partial charge in [-0.15, -0.1) is 21.5 Å². The summed E-state index contributed by atoms with van der Waals surface area (Å²) in [6.07, 6.45) is 0. The minimum Gasteiger partial charge on any atom is -0.324 e. The Balaban J connectivity index is 1.93. The molecule has 0 saturated heterocycles. The lowest BCUT2D eigenvalue weighted by atomic mass is 10.1. The maximum absolute atomic E-state index is 12.1. The number of hydrogen-bond donors (Lipinski definition) is 2. The lowest BCUT2D eigenvalue weighted by molar-refractivity contribution is 0.964. The summed E-state index contributed by atoms with van der Waals surface area (Å²) in [7, 11) is 0. The second-order valence-corrected chi connectivity index (χ2v) is 5.72. The topological polar surface area (TPSA) is 70.7 Å². The van der Waals surface area contributed by atoms with Gasteiger partial charge in [-0.3, -0.25) is 9.78 Å². The summed E-state index contributed by atoms with van der Waals surface area (Å²) < 4.78 is 0. The van der Waals surface area contributed by atoms with Crippen molar-refractivity contribution in [2.45, 2.75) is 13.8 Å². The van der Waals surface area contributed by atoms with Crippen molar-refractivity contribution in [2.75, 3.05) is 5.32 Å². The zero-order chi connectivity index (χ0) is 14.8. The molecule has 106 valence electrons. The van der Waals surface area contributed by atoms with Gasteiger partial charge in [-0.2, -0.15) is 0 Å². The van der Waals surface area contributed by atoms with Crippen molar-refractivity contribution >= 4 is 23.0 Å². The van der Waals surface area contributed by atoms with Crippen LogP contribution in [0.25, 0.3) is 10.6 Å². The molecule has 2 N–H and O–H groups in total. The Bertz CT molecular complexity index is 824. The number of aryl methyl sites for hydroxylation is 2. The first-order valence-electron chi connectivity index (χ1n) is 6.48. The van der Waals surface area contributed by atoms with Crippen LogP contribution in [0.3, 0.4) is 0 Å². The molecule has 0 saturated carbocycles. The van der Waals surface area contributed by atoms with Crippen molar-refractivity contribution in [1.82, 2.24) is 15.2 Å². The smallest absolute Gasteiger partial charge is 0.280 e. The fourth-order valence-corrected chi connectivity index (χ4v) is 2.67. The molecule has 0 amide bonds. The van der Waals surface area contributed by atoms with Gasteiger partial charge >= 0.3 is 0 Å². The third-order valence-electron chi connectivity index (χ3n) is 3.10. The summed E-state index contributed by atoms with van der Waals surface area (Å²) >= 11 is 1.46. The van der Waals surface area contributed by atoms with Gasteiger partial charge in [0.15, 0.2) is 5.69 Å². The minimum atomic E-state index is -0.250. The van der Waals surface area contributed by atoms with Gasteiger partial charge in [-0.05, 0) is 42.5 Å². The van der Waals surface area contributed by atoms with E-state index in [2.05, 4.69) is 20.5 Å². The summed E-state index contributed by atoms with van der Waals surface area (Å²) in [4.78, 5) is 15.6. The van der Waals surface area contributed by atoms with Gasteiger partial charge in [0.2, 0.25) is 5.95 Å². The number of benzene rings is 1. The standard InChI is InChI=1S/C15H14N4OS/c1-9-5-6-10(2)11(8-9)16-15-17-14(20)13(18-19-15)12-4-3-7-21-12/h3-8H,1-2H3,(H2,16,17,19,20). The average molecular weight is 298 g/mol. The van der Waals surface area contributed by atoms with Crippen LogP contribution in [0.2, 0.25) is 0 Å². The van der Waals surface area contributed by atoms with Crippen molar-refractivity contribution in [1.29, 1.82) is 0 Å². The molecule has 3 aromatic rings. The summed E-state index contributed by atoms with van der Waals surface area (Å²) in [6.45, 7) is 4.01. The first-order valence-corrected chi connectivity index (χ1v) is 7.36. The highest BCUT2D eigenvalue weighted by atomic mass is 32.1. The van der Waals surface area contributed by atoms with Crippen LogP contribution in [0.15, 0.2) is 40.5 Å². The highest BCUT2D eigenvalue weighted by molar-refractivity contribution is 7.13. The van der Waals surface area contributed by atoms with Crippen LogP contribution in [0.5, 0.6) is 0 Å². The van der Waals surface area contributed by atoms with Gasteiger partial charge in [0.25, 0.3) is 5.56 Å². The maximum Gasteiger partial charge on any atom is 0.280 e. The van der Waals surface area contributed by atoms with E-state index in [-0.39, 0.29) is 5.56 Å². The largest absolute Gasteiger partial charge is 0.324 e. The predicted octanol–water partition coefficient (Wildman–Crippen LogP) is 3.25. The summed E-state index contributed by atoms with van der Waals surface area (Å²) in [5.74, 6) is 0.342. The molecule has 0 aliphatic carbocycles. The van der Waals surface area contributed by atoms with E-state index in [9.17, 15) is 4.79 Å². The molecule has 2 heterocycles. The quantitative estimate of drug-likeness (QED) is 0.778. The van der Waals surface area contributed by atoms with E-state index in [1.807, 2.05) is 49.6 Å². The molecule has 0 spiro atoms. The van der Waals surface area contributed by atoms with Crippen molar-refractivity contribution < 1.29 is 0 Å². The molecule has 0 atom stereocenters. The zero-order valence-electron chi connectivity index (χ0n) is 11.7. The van der Waals surface area contributed by atoms with Gasteiger partial charge < -0.3 is 5.32 Å². The molecule has 5 nitrogen and oxygen atoms in total. The molecule has 1 aromatic carbocycles. The van der Waals surface area contributed by atoms with E-state index in [0.29, 0.717) is 11.6 Å². The van der Waals surface area contributed by atoms with Crippen molar-refractivity contribution in [3.8, 4) is 10.6 Å². The van der Waals surface area contributed by atoms with Crippen molar-refractivity contribution in [3.05, 3.63) is 57.2 Å². The SMILES string of the molecule is Cc1ccc(C)c(Nc2nnc(-c3cccs3)c(=O)[nH]2)c1. The monoisotopic (exact) mass is 298 g/mol. The highest BCUT2D eigenvalue weighted by Crippen LogP contribution is 2.21. The fraction of sp³-hybridized carbons (Fsp3) is 0.133. The molecule has 0 radical (unpaired) electrons. The maximum atomic E-state index is 12.1. The predicted molar refractivity (Wildman–Crippen MR) is 85.2 cm³/mol. The van der Waals surface area contributed by atoms with Crippen molar-refractivity contribution in [3.63, 3.8) is 0 Å². The van der Waals surface area contributed by atoms with Crippen LogP contribution in [0, 0.1) is 13.8 Å². The molecule has 0 fully saturated rings. The van der Waals surface area contributed by atoms with Gasteiger partial charge in [0.1, 0.15) is 0 Å². The van der Waals surface area contributed by atoms with Crippen LogP contribution in [0.4, 0.5) is 11.6 Å². The van der Waals surface area contributed by atoms with Crippen LogP contribution < -0.4 is 10.9 Å². The number of anilines is 2. The number of rotatable bonds is 3. The Labute approximate surface area is 125 Å². The van der Waals surface area contributed by atoms with Crippen molar-refractivity contribution in [2.24, 2.45) is 0 Å². The molecule has 0 aliphatic rings. The van der Waals surface area contributed by atoms with E-state index in [0.717, 1.165) is 21.7 Å². The lowest BCUT2D eigenvalue weighted by Gasteiger charge is -2.09. The molecule has 0 bridgehead atoms. The number of nitrogens with zero attached hydrogens (tertiary/aromatic N) is 2. The number of thiophene rings is 1. The number of aromatic nitrogens is 3. The van der Waals surface area contributed by atoms with Crippen LogP contribution in [0.1, 0.15) is 11.1 Å². The highest BCUT2D eigenvalue weighted by Gasteiger charge is 2.09. The van der Waals surface area contributed by atoms with E-state index < -0.39 is 0 Å². The van der Waals surface area contributed by atoms with Gasteiger partial charge in [0.05, 0.1) is 4.88 Å². The second kappa shape index (κ2) is 5.49.